The van der Waals surface area contributed by atoms with Crippen molar-refractivity contribution in [1.82, 2.24) is 14.7 Å². The third kappa shape index (κ3) is 2.96. The number of likely N-dealkylation sites (tertiary alicyclic amines) is 1. The van der Waals surface area contributed by atoms with Crippen LogP contribution in [0.4, 0.5) is 14.9 Å². The molecule has 0 aromatic heterocycles. The van der Waals surface area contributed by atoms with Crippen LogP contribution in [0.15, 0.2) is 18.2 Å². The Hall–Kier alpha value is -2.15. The average Bonchev–Trinajstić information content (AvgIpc) is 2.85. The van der Waals surface area contributed by atoms with Gasteiger partial charge in [0.2, 0.25) is 0 Å². The molecule has 3 aliphatic rings. The van der Waals surface area contributed by atoms with E-state index in [4.69, 9.17) is 0 Å². The second-order valence-electron chi connectivity index (χ2n) is 8.42. The zero-order valence-electron chi connectivity index (χ0n) is 16.9. The molecule has 0 radical (unpaired) electrons. The van der Waals surface area contributed by atoms with E-state index in [9.17, 15) is 14.0 Å². The monoisotopic (exact) mass is 388 g/mol. The predicted octanol–water partition coefficient (Wildman–Crippen LogP) is 2.46. The first-order valence-electron chi connectivity index (χ1n) is 10.1. The van der Waals surface area contributed by atoms with Gasteiger partial charge in [-0.25, -0.2) is 9.18 Å². The Morgan fingerprint density at radius 2 is 1.68 bits per heavy atom. The van der Waals surface area contributed by atoms with Crippen LogP contribution in [0, 0.1) is 12.7 Å². The van der Waals surface area contributed by atoms with E-state index in [1.807, 2.05) is 13.0 Å². The molecule has 4 rings (SSSR count). The van der Waals surface area contributed by atoms with Crippen molar-refractivity contribution in [1.29, 1.82) is 0 Å². The summed E-state index contributed by atoms with van der Waals surface area (Å²) in [5.74, 6) is -0.241. The lowest BCUT2D eigenvalue weighted by Crippen LogP contribution is -2.58. The number of imide groups is 1. The van der Waals surface area contributed by atoms with Gasteiger partial charge in [-0.1, -0.05) is 0 Å². The lowest BCUT2D eigenvalue weighted by atomic mass is 9.85. The van der Waals surface area contributed by atoms with Gasteiger partial charge in [-0.3, -0.25) is 9.69 Å². The van der Waals surface area contributed by atoms with Gasteiger partial charge >= 0.3 is 6.03 Å². The first-order chi connectivity index (χ1) is 13.3. The standard InChI is InChI=1S/C21H29FN4O2/c1-15-14-16(22)4-5-18(15)26-10-6-17(7-11-26)25-12-8-21(9-13-25)19(27)23(2)20(28)24(21)3/h4-5,14,17H,6-13H2,1-3H3. The number of piperidine rings is 2. The zero-order valence-corrected chi connectivity index (χ0v) is 16.9. The fraction of sp³-hybridized carbons (Fsp3) is 0.619. The number of nitrogens with zero attached hydrogens (tertiary/aromatic N) is 4. The largest absolute Gasteiger partial charge is 0.371 e. The Bertz CT molecular complexity index is 783. The van der Waals surface area contributed by atoms with Gasteiger partial charge in [0, 0.05) is 52.0 Å². The van der Waals surface area contributed by atoms with E-state index < -0.39 is 5.54 Å². The van der Waals surface area contributed by atoms with Gasteiger partial charge in [0.05, 0.1) is 0 Å². The van der Waals surface area contributed by atoms with E-state index in [0.717, 1.165) is 50.3 Å². The summed E-state index contributed by atoms with van der Waals surface area (Å²) in [6.07, 6.45) is 3.53. The van der Waals surface area contributed by atoms with Crippen LogP contribution >= 0.6 is 0 Å². The number of aryl methyl sites for hydroxylation is 1. The topological polar surface area (TPSA) is 47.1 Å². The van der Waals surface area contributed by atoms with E-state index in [1.54, 1.807) is 25.1 Å². The number of carbonyl (C=O) groups excluding carboxylic acids is 2. The van der Waals surface area contributed by atoms with Gasteiger partial charge in [-0.15, -0.1) is 0 Å². The van der Waals surface area contributed by atoms with Crippen molar-refractivity contribution in [3.05, 3.63) is 29.6 Å². The number of hydrogen-bond acceptors (Lipinski definition) is 4. The Morgan fingerprint density at radius 1 is 1.04 bits per heavy atom. The first-order valence-corrected chi connectivity index (χ1v) is 10.1. The predicted molar refractivity (Wildman–Crippen MR) is 106 cm³/mol. The van der Waals surface area contributed by atoms with Crippen molar-refractivity contribution in [3.63, 3.8) is 0 Å². The van der Waals surface area contributed by atoms with Crippen LogP contribution in [0.2, 0.25) is 0 Å². The highest BCUT2D eigenvalue weighted by Crippen LogP contribution is 2.37. The van der Waals surface area contributed by atoms with E-state index in [-0.39, 0.29) is 17.8 Å². The number of amides is 3. The molecule has 1 aromatic rings. The fourth-order valence-electron chi connectivity index (χ4n) is 5.20. The summed E-state index contributed by atoms with van der Waals surface area (Å²) in [5.41, 5.74) is 1.46. The highest BCUT2D eigenvalue weighted by Gasteiger charge is 2.55. The quantitative estimate of drug-likeness (QED) is 0.731. The van der Waals surface area contributed by atoms with Crippen molar-refractivity contribution in [2.45, 2.75) is 44.2 Å². The molecule has 6 nitrogen and oxygen atoms in total. The third-order valence-electron chi connectivity index (χ3n) is 7.02. The number of urea groups is 1. The van der Waals surface area contributed by atoms with Gasteiger partial charge in [0.25, 0.3) is 5.91 Å². The van der Waals surface area contributed by atoms with Crippen molar-refractivity contribution >= 4 is 17.6 Å². The van der Waals surface area contributed by atoms with E-state index in [0.29, 0.717) is 18.9 Å². The van der Waals surface area contributed by atoms with Crippen molar-refractivity contribution in [2.75, 3.05) is 45.2 Å². The second kappa shape index (κ2) is 7.03. The number of likely N-dealkylation sites (N-methyl/N-ethyl adjacent to an activating group) is 2. The molecule has 1 spiro atoms. The molecule has 0 aliphatic carbocycles. The van der Waals surface area contributed by atoms with Gasteiger partial charge in [-0.05, 0) is 56.4 Å². The van der Waals surface area contributed by atoms with Crippen molar-refractivity contribution in [2.24, 2.45) is 0 Å². The minimum absolute atomic E-state index is 0.0544. The lowest BCUT2D eigenvalue weighted by Gasteiger charge is -2.46. The van der Waals surface area contributed by atoms with Crippen LogP contribution in [0.1, 0.15) is 31.2 Å². The maximum atomic E-state index is 13.4. The Labute approximate surface area is 165 Å². The number of rotatable bonds is 2. The molecule has 3 amide bonds. The summed E-state index contributed by atoms with van der Waals surface area (Å²) in [5, 5.41) is 0. The molecular formula is C21H29FN4O2. The molecule has 0 bridgehead atoms. The van der Waals surface area contributed by atoms with Crippen molar-refractivity contribution < 1.29 is 14.0 Å². The number of halogens is 1. The molecule has 3 saturated heterocycles. The normalized spacial score (nSPS) is 23.9. The Balaban J connectivity index is 1.36. The maximum absolute atomic E-state index is 13.4. The molecule has 1 aromatic carbocycles. The molecule has 0 N–H and O–H groups in total. The molecular weight excluding hydrogens is 359 g/mol. The maximum Gasteiger partial charge on any atom is 0.327 e. The van der Waals surface area contributed by atoms with Crippen molar-refractivity contribution in [3.8, 4) is 0 Å². The molecule has 0 saturated carbocycles. The molecule has 3 fully saturated rings. The minimum Gasteiger partial charge on any atom is -0.371 e. The van der Waals surface area contributed by atoms with E-state index in [1.165, 1.54) is 11.0 Å². The summed E-state index contributed by atoms with van der Waals surface area (Å²) >= 11 is 0. The van der Waals surface area contributed by atoms with Crippen LogP contribution in [-0.4, -0.2) is 78.5 Å². The summed E-state index contributed by atoms with van der Waals surface area (Å²) < 4.78 is 13.4. The lowest BCUT2D eigenvalue weighted by molar-refractivity contribution is -0.134. The Morgan fingerprint density at radius 3 is 2.21 bits per heavy atom. The van der Waals surface area contributed by atoms with Crippen LogP contribution in [0.3, 0.4) is 0 Å². The van der Waals surface area contributed by atoms with Crippen LogP contribution in [0.5, 0.6) is 0 Å². The van der Waals surface area contributed by atoms with Crippen LogP contribution in [0.25, 0.3) is 0 Å². The van der Waals surface area contributed by atoms with E-state index in [2.05, 4.69) is 9.80 Å². The van der Waals surface area contributed by atoms with Crippen LogP contribution < -0.4 is 4.90 Å². The molecule has 152 valence electrons. The fourth-order valence-corrected chi connectivity index (χ4v) is 5.20. The molecule has 0 atom stereocenters. The molecule has 28 heavy (non-hydrogen) atoms. The Kier molecular flexibility index (Phi) is 4.81. The smallest absolute Gasteiger partial charge is 0.327 e. The SMILES string of the molecule is Cc1cc(F)ccc1N1CCC(N2CCC3(CC2)C(=O)N(C)C(=O)N3C)CC1. The number of anilines is 1. The number of hydrogen-bond donors (Lipinski definition) is 0. The van der Waals surface area contributed by atoms with Gasteiger partial charge in [0.1, 0.15) is 11.4 Å². The van der Waals surface area contributed by atoms with Gasteiger partial charge < -0.3 is 14.7 Å². The third-order valence-corrected chi connectivity index (χ3v) is 7.02. The highest BCUT2D eigenvalue weighted by atomic mass is 19.1. The zero-order chi connectivity index (χ0) is 20.1. The second-order valence-corrected chi connectivity index (χ2v) is 8.42. The molecule has 0 unspecified atom stereocenters. The number of benzene rings is 1. The first kappa shape index (κ1) is 19.2. The summed E-state index contributed by atoms with van der Waals surface area (Å²) in [7, 11) is 3.33. The van der Waals surface area contributed by atoms with Crippen LogP contribution in [-0.2, 0) is 4.79 Å². The average molecular weight is 388 g/mol. The molecule has 3 heterocycles. The van der Waals surface area contributed by atoms with Gasteiger partial charge in [-0.2, -0.15) is 0 Å². The minimum atomic E-state index is -0.645. The molecule has 7 heteroatoms. The van der Waals surface area contributed by atoms with E-state index >= 15 is 0 Å². The molecule has 3 aliphatic heterocycles. The van der Waals surface area contributed by atoms with Gasteiger partial charge in [0.15, 0.2) is 0 Å². The highest BCUT2D eigenvalue weighted by molar-refractivity contribution is 6.06. The summed E-state index contributed by atoms with van der Waals surface area (Å²) in [6.45, 7) is 5.56. The summed E-state index contributed by atoms with van der Waals surface area (Å²) in [4.78, 5) is 32.6. The number of carbonyl (C=O) groups is 2. The summed E-state index contributed by atoms with van der Waals surface area (Å²) in [6, 6.07) is 5.32.